The molecule has 0 spiro atoms. The summed E-state index contributed by atoms with van der Waals surface area (Å²) in [5.74, 6) is 1.32. The molecule has 27 heavy (non-hydrogen) atoms. The summed E-state index contributed by atoms with van der Waals surface area (Å²) in [4.78, 5) is 15.9. The van der Waals surface area contributed by atoms with Crippen LogP contribution in [-0.4, -0.2) is 30.3 Å². The number of hydrogen-bond acceptors (Lipinski definition) is 7. The number of nitrogens with zero attached hydrogens (tertiary/aromatic N) is 2. The van der Waals surface area contributed by atoms with E-state index in [0.29, 0.717) is 39.5 Å². The van der Waals surface area contributed by atoms with Gasteiger partial charge in [0.05, 0.1) is 26.3 Å². The Kier molecular flexibility index (Phi) is 5.46. The largest absolute Gasteiger partial charge is 0.493 e. The van der Waals surface area contributed by atoms with Gasteiger partial charge in [0, 0.05) is 16.3 Å². The predicted molar refractivity (Wildman–Crippen MR) is 100 cm³/mol. The third-order valence-corrected chi connectivity index (χ3v) is 4.02. The first-order valence-electron chi connectivity index (χ1n) is 7.90. The third-order valence-electron chi connectivity index (χ3n) is 3.79. The number of nitrogens with one attached hydrogen (secondary N) is 1. The summed E-state index contributed by atoms with van der Waals surface area (Å²) in [7, 11) is 3.11. The summed E-state index contributed by atoms with van der Waals surface area (Å²) < 4.78 is 15.7. The Morgan fingerprint density at radius 2 is 1.96 bits per heavy atom. The minimum atomic E-state index is -0.587. The second-order valence-electron chi connectivity index (χ2n) is 5.49. The smallest absolute Gasteiger partial charge is 0.250 e. The van der Waals surface area contributed by atoms with Crippen molar-refractivity contribution in [2.24, 2.45) is 5.73 Å². The molecule has 3 aromatic rings. The number of anilines is 1. The summed E-state index contributed by atoms with van der Waals surface area (Å²) in [6.07, 6.45) is 0. The molecule has 1 amide bonds. The average Bonchev–Trinajstić information content (AvgIpc) is 3.15. The summed E-state index contributed by atoms with van der Waals surface area (Å²) in [5.41, 5.74) is 6.89. The number of carbonyl (C=O) groups excluding carboxylic acids is 1. The monoisotopic (exact) mass is 388 g/mol. The van der Waals surface area contributed by atoms with Gasteiger partial charge in [-0.1, -0.05) is 16.8 Å². The number of carbonyl (C=O) groups is 1. The number of ether oxygens (including phenoxy) is 2. The lowest BCUT2D eigenvalue weighted by atomic mass is 10.1. The SMILES string of the molecule is COc1ccc(-c2noc(CNc3ccc(Cl)cc3C(N)=O)n2)cc1OC. The van der Waals surface area contributed by atoms with E-state index < -0.39 is 5.91 Å². The molecule has 0 saturated heterocycles. The quantitative estimate of drug-likeness (QED) is 0.639. The van der Waals surface area contributed by atoms with Gasteiger partial charge < -0.3 is 25.0 Å². The number of hydrogen-bond donors (Lipinski definition) is 2. The molecule has 0 unspecified atom stereocenters. The maximum Gasteiger partial charge on any atom is 0.250 e. The van der Waals surface area contributed by atoms with E-state index >= 15 is 0 Å². The highest BCUT2D eigenvalue weighted by Gasteiger charge is 2.14. The topological polar surface area (TPSA) is 112 Å². The maximum absolute atomic E-state index is 11.5. The molecule has 1 heterocycles. The Morgan fingerprint density at radius 3 is 2.67 bits per heavy atom. The summed E-state index contributed by atoms with van der Waals surface area (Å²) in [6, 6.07) is 10.1. The lowest BCUT2D eigenvalue weighted by Gasteiger charge is -2.08. The molecule has 1 aromatic heterocycles. The summed E-state index contributed by atoms with van der Waals surface area (Å²) in [6.45, 7) is 0.211. The number of aromatic nitrogens is 2. The van der Waals surface area contributed by atoms with Crippen LogP contribution in [0.2, 0.25) is 5.02 Å². The Balaban J connectivity index is 1.77. The van der Waals surface area contributed by atoms with Gasteiger partial charge in [0.25, 0.3) is 5.91 Å². The number of nitrogens with two attached hydrogens (primary N) is 1. The molecule has 3 N–H and O–H groups in total. The molecule has 0 fully saturated rings. The molecule has 0 atom stereocenters. The van der Waals surface area contributed by atoms with E-state index in [0.717, 1.165) is 0 Å². The standard InChI is InChI=1S/C18H17ClN4O4/c1-25-14-6-3-10(7-15(14)26-2)18-22-16(27-23-18)9-21-13-5-4-11(19)8-12(13)17(20)24/h3-8,21H,9H2,1-2H3,(H2,20,24). The fourth-order valence-electron chi connectivity index (χ4n) is 2.46. The second-order valence-corrected chi connectivity index (χ2v) is 5.93. The van der Waals surface area contributed by atoms with E-state index in [1.807, 2.05) is 0 Å². The zero-order chi connectivity index (χ0) is 19.4. The van der Waals surface area contributed by atoms with Crippen LogP contribution in [0.15, 0.2) is 40.9 Å². The van der Waals surface area contributed by atoms with Crippen molar-refractivity contribution in [2.75, 3.05) is 19.5 Å². The van der Waals surface area contributed by atoms with Gasteiger partial charge >= 0.3 is 0 Å². The van der Waals surface area contributed by atoms with Gasteiger partial charge in [-0.25, -0.2) is 0 Å². The number of methoxy groups -OCH3 is 2. The molecule has 0 bridgehead atoms. The molecule has 2 aromatic carbocycles. The van der Waals surface area contributed by atoms with E-state index in [-0.39, 0.29) is 12.1 Å². The van der Waals surface area contributed by atoms with Crippen molar-refractivity contribution in [1.82, 2.24) is 10.1 Å². The number of primary amides is 1. The van der Waals surface area contributed by atoms with Gasteiger partial charge in [-0.2, -0.15) is 4.98 Å². The molecule has 140 valence electrons. The normalized spacial score (nSPS) is 10.5. The van der Waals surface area contributed by atoms with Crippen molar-refractivity contribution in [2.45, 2.75) is 6.54 Å². The Bertz CT molecular complexity index is 974. The van der Waals surface area contributed by atoms with Crippen molar-refractivity contribution < 1.29 is 18.8 Å². The van der Waals surface area contributed by atoms with Crippen molar-refractivity contribution in [1.29, 1.82) is 0 Å². The first-order valence-corrected chi connectivity index (χ1v) is 8.28. The lowest BCUT2D eigenvalue weighted by molar-refractivity contribution is 0.100. The summed E-state index contributed by atoms with van der Waals surface area (Å²) in [5, 5.41) is 7.43. The van der Waals surface area contributed by atoms with E-state index in [1.165, 1.54) is 6.07 Å². The fourth-order valence-corrected chi connectivity index (χ4v) is 2.64. The Morgan fingerprint density at radius 1 is 1.19 bits per heavy atom. The average molecular weight is 389 g/mol. The highest BCUT2D eigenvalue weighted by Crippen LogP contribution is 2.31. The van der Waals surface area contributed by atoms with Crippen LogP contribution in [0.1, 0.15) is 16.2 Å². The molecule has 3 rings (SSSR count). The highest BCUT2D eigenvalue weighted by atomic mass is 35.5. The zero-order valence-corrected chi connectivity index (χ0v) is 15.4. The molecular formula is C18H17ClN4O4. The van der Waals surface area contributed by atoms with Gasteiger partial charge in [0.1, 0.15) is 0 Å². The first-order chi connectivity index (χ1) is 13.0. The Hall–Kier alpha value is -3.26. The van der Waals surface area contributed by atoms with Crippen LogP contribution < -0.4 is 20.5 Å². The fraction of sp³-hybridized carbons (Fsp3) is 0.167. The zero-order valence-electron chi connectivity index (χ0n) is 14.7. The number of halogens is 1. The van der Waals surface area contributed by atoms with Gasteiger partial charge in [-0.15, -0.1) is 0 Å². The predicted octanol–water partition coefficient (Wildman–Crippen LogP) is 3.12. The van der Waals surface area contributed by atoms with Crippen LogP contribution in [0.3, 0.4) is 0 Å². The van der Waals surface area contributed by atoms with E-state index in [2.05, 4.69) is 15.5 Å². The van der Waals surface area contributed by atoms with Crippen molar-refractivity contribution in [3.63, 3.8) is 0 Å². The van der Waals surface area contributed by atoms with E-state index in [9.17, 15) is 4.79 Å². The number of amides is 1. The van der Waals surface area contributed by atoms with Crippen LogP contribution in [0.5, 0.6) is 11.5 Å². The van der Waals surface area contributed by atoms with Gasteiger partial charge in [-0.05, 0) is 36.4 Å². The van der Waals surface area contributed by atoms with E-state index in [1.54, 1.807) is 44.6 Å². The molecule has 0 aliphatic heterocycles. The van der Waals surface area contributed by atoms with E-state index in [4.69, 9.17) is 31.3 Å². The lowest BCUT2D eigenvalue weighted by Crippen LogP contribution is -2.14. The second kappa shape index (κ2) is 7.96. The van der Waals surface area contributed by atoms with Gasteiger partial charge in [-0.3, -0.25) is 4.79 Å². The molecular weight excluding hydrogens is 372 g/mol. The Labute approximate surface area is 160 Å². The minimum absolute atomic E-state index is 0.211. The molecule has 0 aliphatic rings. The molecule has 9 heteroatoms. The summed E-state index contributed by atoms with van der Waals surface area (Å²) >= 11 is 5.90. The maximum atomic E-state index is 11.5. The first kappa shape index (κ1) is 18.5. The van der Waals surface area contributed by atoms with Crippen LogP contribution in [0.4, 0.5) is 5.69 Å². The molecule has 8 nitrogen and oxygen atoms in total. The van der Waals surface area contributed by atoms with Crippen LogP contribution in [0.25, 0.3) is 11.4 Å². The van der Waals surface area contributed by atoms with Crippen molar-refractivity contribution in [3.8, 4) is 22.9 Å². The van der Waals surface area contributed by atoms with Crippen LogP contribution in [-0.2, 0) is 6.54 Å². The molecule has 0 aliphatic carbocycles. The molecule has 0 saturated carbocycles. The van der Waals surface area contributed by atoms with Crippen LogP contribution >= 0.6 is 11.6 Å². The third kappa shape index (κ3) is 4.12. The number of rotatable bonds is 7. The van der Waals surface area contributed by atoms with Crippen molar-refractivity contribution >= 4 is 23.2 Å². The highest BCUT2D eigenvalue weighted by molar-refractivity contribution is 6.31. The number of benzene rings is 2. The van der Waals surface area contributed by atoms with Gasteiger partial charge in [0.15, 0.2) is 11.5 Å². The molecule has 0 radical (unpaired) electrons. The van der Waals surface area contributed by atoms with Crippen molar-refractivity contribution in [3.05, 3.63) is 52.9 Å². The minimum Gasteiger partial charge on any atom is -0.493 e. The van der Waals surface area contributed by atoms with Gasteiger partial charge in [0.2, 0.25) is 11.7 Å². The van der Waals surface area contributed by atoms with Crippen LogP contribution in [0, 0.1) is 0 Å².